The number of anilines is 1. The lowest BCUT2D eigenvalue weighted by atomic mass is 9.79. The number of nitrogens with two attached hydrogens (primary N) is 1. The van der Waals surface area contributed by atoms with E-state index in [4.69, 9.17) is 5.73 Å². The molecule has 0 amide bonds. The lowest BCUT2D eigenvalue weighted by molar-refractivity contribution is 0.0368. The molecule has 0 aliphatic heterocycles. The average Bonchev–Trinajstić information content (AvgIpc) is 2.90. The number of nitrogen functional groups attached to an aromatic ring is 1. The van der Waals surface area contributed by atoms with Gasteiger partial charge in [-0.25, -0.2) is 9.97 Å². The first-order valence-electron chi connectivity index (χ1n) is 7.90. The first-order valence-corrected chi connectivity index (χ1v) is 7.90. The number of aliphatic hydroxyl groups excluding tert-OH is 1. The van der Waals surface area contributed by atoms with Crippen LogP contribution in [0.25, 0.3) is 11.0 Å². The third-order valence-electron chi connectivity index (χ3n) is 4.22. The van der Waals surface area contributed by atoms with Crippen LogP contribution >= 0.6 is 0 Å². The summed E-state index contributed by atoms with van der Waals surface area (Å²) >= 11 is 0. The highest BCUT2D eigenvalue weighted by atomic mass is 16.3. The normalized spacial score (nSPS) is 22.3. The van der Waals surface area contributed by atoms with Gasteiger partial charge in [-0.2, -0.15) is 0 Å². The van der Waals surface area contributed by atoms with Gasteiger partial charge in [-0.3, -0.25) is 0 Å². The van der Waals surface area contributed by atoms with Gasteiger partial charge in [0.05, 0.1) is 11.5 Å². The van der Waals surface area contributed by atoms with E-state index in [1.807, 2.05) is 26.1 Å². The summed E-state index contributed by atoms with van der Waals surface area (Å²) < 4.78 is 2.17. The summed E-state index contributed by atoms with van der Waals surface area (Å²) in [5, 5.41) is 10.2. The minimum absolute atomic E-state index is 0.0553. The Morgan fingerprint density at radius 1 is 1.38 bits per heavy atom. The van der Waals surface area contributed by atoms with Crippen molar-refractivity contribution in [2.24, 2.45) is 5.92 Å². The molecule has 0 spiro atoms. The van der Waals surface area contributed by atoms with Crippen LogP contribution < -0.4 is 5.73 Å². The molecule has 1 atom stereocenters. The number of rotatable bonds is 4. The van der Waals surface area contributed by atoms with Crippen molar-refractivity contribution in [2.45, 2.75) is 58.6 Å². The van der Waals surface area contributed by atoms with Gasteiger partial charge in [0.2, 0.25) is 0 Å². The fourth-order valence-corrected chi connectivity index (χ4v) is 2.90. The van der Waals surface area contributed by atoms with Gasteiger partial charge in [-0.1, -0.05) is 13.8 Å². The zero-order valence-electron chi connectivity index (χ0n) is 13.2. The van der Waals surface area contributed by atoms with Crippen molar-refractivity contribution in [1.82, 2.24) is 14.5 Å². The first-order chi connectivity index (χ1) is 10.1. The van der Waals surface area contributed by atoms with E-state index >= 15 is 0 Å². The van der Waals surface area contributed by atoms with Crippen molar-refractivity contribution in [1.29, 1.82) is 0 Å². The molecular formula is C16H26N4O. The summed E-state index contributed by atoms with van der Waals surface area (Å²) in [5.74, 6) is 1.23. The van der Waals surface area contributed by atoms with Crippen LogP contribution in [0.5, 0.6) is 0 Å². The largest absolute Gasteiger partial charge is 0.393 e. The molecule has 0 saturated heterocycles. The molecule has 1 aliphatic rings. The van der Waals surface area contributed by atoms with Crippen LogP contribution in [0.1, 0.15) is 52.5 Å². The number of hydrogen-bond donors (Lipinski definition) is 2. The second-order valence-electron chi connectivity index (χ2n) is 5.64. The highest BCUT2D eigenvalue weighted by Gasteiger charge is 2.27. The van der Waals surface area contributed by atoms with Crippen LogP contribution in [0, 0.1) is 5.92 Å². The Bertz CT molecular complexity index is 575. The second kappa shape index (κ2) is 6.89. The summed E-state index contributed by atoms with van der Waals surface area (Å²) in [6.45, 7) is 6.20. The SMILES string of the molecule is CC.CC(CCC1CC(O)C1)n1ccc2c(N)ncnc21. The summed E-state index contributed by atoms with van der Waals surface area (Å²) in [6, 6.07) is 2.37. The van der Waals surface area contributed by atoms with Gasteiger partial charge >= 0.3 is 0 Å². The Kier molecular flexibility index (Phi) is 5.17. The highest BCUT2D eigenvalue weighted by Crippen LogP contribution is 2.33. The summed E-state index contributed by atoms with van der Waals surface area (Å²) in [5.41, 5.74) is 6.76. The Hall–Kier alpha value is -1.62. The molecule has 0 radical (unpaired) electrons. The molecule has 5 heteroatoms. The molecule has 116 valence electrons. The van der Waals surface area contributed by atoms with Gasteiger partial charge in [-0.05, 0) is 44.6 Å². The first kappa shape index (κ1) is 15.8. The molecule has 1 aliphatic carbocycles. The van der Waals surface area contributed by atoms with Crippen LogP contribution in [0.2, 0.25) is 0 Å². The van der Waals surface area contributed by atoms with E-state index in [0.717, 1.165) is 30.3 Å². The molecule has 1 fully saturated rings. The van der Waals surface area contributed by atoms with Gasteiger partial charge in [0.15, 0.2) is 0 Å². The highest BCUT2D eigenvalue weighted by molar-refractivity contribution is 5.86. The topological polar surface area (TPSA) is 77.0 Å². The van der Waals surface area contributed by atoms with E-state index in [0.29, 0.717) is 17.8 Å². The molecule has 1 saturated carbocycles. The van der Waals surface area contributed by atoms with Gasteiger partial charge < -0.3 is 15.4 Å². The van der Waals surface area contributed by atoms with E-state index in [-0.39, 0.29) is 6.10 Å². The number of aliphatic hydroxyl groups is 1. The summed E-state index contributed by atoms with van der Waals surface area (Å²) in [6.07, 6.45) is 7.70. The molecule has 21 heavy (non-hydrogen) atoms. The molecule has 0 aromatic carbocycles. The third-order valence-corrected chi connectivity index (χ3v) is 4.22. The maximum atomic E-state index is 9.30. The minimum atomic E-state index is -0.0553. The molecule has 0 bridgehead atoms. The molecule has 1 unspecified atom stereocenters. The van der Waals surface area contributed by atoms with E-state index in [9.17, 15) is 5.11 Å². The van der Waals surface area contributed by atoms with Crippen molar-refractivity contribution in [3.8, 4) is 0 Å². The molecule has 2 aromatic heterocycles. The van der Waals surface area contributed by atoms with Crippen LogP contribution in [0.4, 0.5) is 5.82 Å². The van der Waals surface area contributed by atoms with Crippen LogP contribution in [-0.2, 0) is 0 Å². The van der Waals surface area contributed by atoms with Crippen molar-refractivity contribution < 1.29 is 5.11 Å². The monoisotopic (exact) mass is 290 g/mol. The van der Waals surface area contributed by atoms with Crippen molar-refractivity contribution in [3.63, 3.8) is 0 Å². The van der Waals surface area contributed by atoms with E-state index in [1.54, 1.807) is 0 Å². The molecular weight excluding hydrogens is 264 g/mol. The summed E-state index contributed by atoms with van der Waals surface area (Å²) in [4.78, 5) is 8.34. The Morgan fingerprint density at radius 2 is 2.10 bits per heavy atom. The van der Waals surface area contributed by atoms with Crippen LogP contribution in [0.15, 0.2) is 18.6 Å². The predicted molar refractivity (Wildman–Crippen MR) is 86.0 cm³/mol. The lowest BCUT2D eigenvalue weighted by Gasteiger charge is -2.32. The quantitative estimate of drug-likeness (QED) is 0.906. The zero-order valence-corrected chi connectivity index (χ0v) is 13.2. The maximum Gasteiger partial charge on any atom is 0.145 e. The van der Waals surface area contributed by atoms with Crippen LogP contribution in [-0.4, -0.2) is 25.7 Å². The zero-order chi connectivity index (χ0) is 15.4. The molecule has 2 heterocycles. The molecule has 5 nitrogen and oxygen atoms in total. The Labute approximate surface area is 126 Å². The Balaban J connectivity index is 0.000000774. The van der Waals surface area contributed by atoms with Gasteiger partial charge in [0.25, 0.3) is 0 Å². The van der Waals surface area contributed by atoms with Crippen molar-refractivity contribution in [2.75, 3.05) is 5.73 Å². The van der Waals surface area contributed by atoms with E-state index < -0.39 is 0 Å². The third kappa shape index (κ3) is 3.35. The maximum absolute atomic E-state index is 9.30. The van der Waals surface area contributed by atoms with Gasteiger partial charge in [0, 0.05) is 12.2 Å². The predicted octanol–water partition coefficient (Wildman–Crippen LogP) is 3.15. The van der Waals surface area contributed by atoms with Gasteiger partial charge in [-0.15, -0.1) is 0 Å². The Morgan fingerprint density at radius 3 is 2.76 bits per heavy atom. The number of aromatic nitrogens is 3. The van der Waals surface area contributed by atoms with E-state index in [1.165, 1.54) is 12.7 Å². The fourth-order valence-electron chi connectivity index (χ4n) is 2.90. The number of nitrogens with zero attached hydrogens (tertiary/aromatic N) is 3. The average molecular weight is 290 g/mol. The lowest BCUT2D eigenvalue weighted by Crippen LogP contribution is -2.28. The van der Waals surface area contributed by atoms with E-state index in [2.05, 4.69) is 21.5 Å². The number of fused-ring (bicyclic) bond motifs is 1. The second-order valence-corrected chi connectivity index (χ2v) is 5.64. The standard InChI is InChI=1S/C14H20N4O.C2H6/c1-9(2-3-10-6-11(19)7-10)18-5-4-12-13(15)16-8-17-14(12)18;1-2/h4-5,8-11,19H,2-3,6-7H2,1H3,(H2,15,16,17);1-2H3. The van der Waals surface area contributed by atoms with Gasteiger partial charge in [0.1, 0.15) is 17.8 Å². The van der Waals surface area contributed by atoms with Crippen molar-refractivity contribution in [3.05, 3.63) is 18.6 Å². The fraction of sp³-hybridized carbons (Fsp3) is 0.625. The van der Waals surface area contributed by atoms with Crippen LogP contribution in [0.3, 0.4) is 0 Å². The van der Waals surface area contributed by atoms with Crippen molar-refractivity contribution >= 4 is 16.9 Å². The molecule has 3 rings (SSSR count). The molecule has 2 aromatic rings. The minimum Gasteiger partial charge on any atom is -0.393 e. The summed E-state index contributed by atoms with van der Waals surface area (Å²) in [7, 11) is 0. The molecule has 3 N–H and O–H groups in total. The smallest absolute Gasteiger partial charge is 0.145 e. The number of hydrogen-bond acceptors (Lipinski definition) is 4.